The van der Waals surface area contributed by atoms with Crippen molar-refractivity contribution in [1.82, 2.24) is 14.7 Å². The zero-order valence-corrected chi connectivity index (χ0v) is 26.9. The van der Waals surface area contributed by atoms with E-state index < -0.39 is 0 Å². The Bertz CT molecular complexity index is 1430. The number of anilines is 2. The number of carbonyl (C=O) groups is 2. The lowest BCUT2D eigenvalue weighted by Gasteiger charge is -2.20. The fourth-order valence-corrected chi connectivity index (χ4v) is 7.07. The maximum atomic E-state index is 14.2. The summed E-state index contributed by atoms with van der Waals surface area (Å²) in [6, 6.07) is 15.6. The Morgan fingerprint density at radius 1 is 1.05 bits per heavy atom. The van der Waals surface area contributed by atoms with Gasteiger partial charge >= 0.3 is 0 Å². The van der Waals surface area contributed by atoms with Crippen LogP contribution in [0.5, 0.6) is 0 Å². The Labute approximate surface area is 258 Å². The van der Waals surface area contributed by atoms with Crippen molar-refractivity contribution in [1.29, 1.82) is 0 Å². The molecule has 2 N–H and O–H groups in total. The molecule has 2 heterocycles. The molecule has 0 saturated carbocycles. The minimum absolute atomic E-state index is 0.0582. The molecular weight excluding hydrogens is 565 g/mol. The van der Waals surface area contributed by atoms with Crippen molar-refractivity contribution in [2.45, 2.75) is 40.7 Å². The number of likely N-dealkylation sites (N-methyl/N-ethyl adjacent to an activating group) is 2. The van der Waals surface area contributed by atoms with E-state index in [1.165, 1.54) is 11.8 Å². The maximum absolute atomic E-state index is 14.2. The third-order valence-corrected chi connectivity index (χ3v) is 9.02. The van der Waals surface area contributed by atoms with Crippen LogP contribution in [0.3, 0.4) is 0 Å². The standard InChI is InChI=1S/C32H40N6O2S2/c1-7-14-26-27(8-2)41-31(37(26)10-4)29-30(40)38(20-22-15-12-11-13-16-22)32(42-29)35-25-19-23(17-18-24(25)33-9-3)34-28(39)21-36(5)6/h8,11-19,33H,7,9-10,20-21H2,1-6H3,(H,34,39)/b26-14+,27-8+,31-29-,35-32?. The van der Waals surface area contributed by atoms with Crippen LogP contribution >= 0.6 is 23.5 Å². The average Bonchev–Trinajstić information content (AvgIpc) is 3.46. The number of amides is 2. The lowest BCUT2D eigenvalue weighted by atomic mass is 10.2. The molecule has 2 amide bonds. The van der Waals surface area contributed by atoms with Crippen LogP contribution in [-0.4, -0.2) is 65.4 Å². The van der Waals surface area contributed by atoms with E-state index in [0.29, 0.717) is 34.5 Å². The fourth-order valence-electron chi connectivity index (χ4n) is 4.70. The molecule has 42 heavy (non-hydrogen) atoms. The van der Waals surface area contributed by atoms with Crippen LogP contribution in [0.2, 0.25) is 0 Å². The van der Waals surface area contributed by atoms with E-state index in [2.05, 4.69) is 41.5 Å². The number of aliphatic imine (C=N–C) groups is 1. The highest BCUT2D eigenvalue weighted by Gasteiger charge is 2.40. The number of thioether (sulfide) groups is 2. The first-order valence-electron chi connectivity index (χ1n) is 14.3. The van der Waals surface area contributed by atoms with Crippen molar-refractivity contribution in [3.63, 3.8) is 0 Å². The quantitative estimate of drug-likeness (QED) is 0.288. The van der Waals surface area contributed by atoms with Gasteiger partial charge in [-0.3, -0.25) is 14.5 Å². The van der Waals surface area contributed by atoms with E-state index in [1.807, 2.05) is 81.4 Å². The summed E-state index contributed by atoms with van der Waals surface area (Å²) in [6.07, 6.45) is 5.25. The summed E-state index contributed by atoms with van der Waals surface area (Å²) in [5, 5.41) is 7.89. The van der Waals surface area contributed by atoms with E-state index in [4.69, 9.17) is 4.99 Å². The fraction of sp³-hybridized carbons (Fsp3) is 0.344. The smallest absolute Gasteiger partial charge is 0.269 e. The second-order valence-corrected chi connectivity index (χ2v) is 12.1. The monoisotopic (exact) mass is 604 g/mol. The molecule has 2 aromatic carbocycles. The van der Waals surface area contributed by atoms with Gasteiger partial charge in [-0.2, -0.15) is 0 Å². The number of carbonyl (C=O) groups excluding carboxylic acids is 2. The van der Waals surface area contributed by atoms with E-state index in [9.17, 15) is 9.59 Å². The first kappa shape index (κ1) is 31.5. The molecule has 2 aliphatic heterocycles. The predicted molar refractivity (Wildman–Crippen MR) is 179 cm³/mol. The van der Waals surface area contributed by atoms with E-state index in [1.54, 1.807) is 16.7 Å². The first-order valence-corrected chi connectivity index (χ1v) is 15.9. The van der Waals surface area contributed by atoms with Crippen LogP contribution in [0.4, 0.5) is 17.1 Å². The zero-order valence-electron chi connectivity index (χ0n) is 25.2. The van der Waals surface area contributed by atoms with Gasteiger partial charge in [-0.15, -0.1) is 0 Å². The van der Waals surface area contributed by atoms with Gasteiger partial charge in [0.1, 0.15) is 9.93 Å². The second kappa shape index (κ2) is 14.6. The summed E-state index contributed by atoms with van der Waals surface area (Å²) in [5.41, 5.74) is 4.32. The topological polar surface area (TPSA) is 80.3 Å². The number of amidine groups is 1. The van der Waals surface area contributed by atoms with Gasteiger partial charge in [0.2, 0.25) is 5.91 Å². The molecule has 0 aromatic heterocycles. The summed E-state index contributed by atoms with van der Waals surface area (Å²) in [7, 11) is 3.71. The maximum Gasteiger partial charge on any atom is 0.269 e. The highest BCUT2D eigenvalue weighted by molar-refractivity contribution is 8.19. The van der Waals surface area contributed by atoms with Crippen molar-refractivity contribution in [3.05, 3.63) is 86.8 Å². The van der Waals surface area contributed by atoms with Crippen LogP contribution in [0.15, 0.2) is 86.2 Å². The summed E-state index contributed by atoms with van der Waals surface area (Å²) < 4.78 is 0. The van der Waals surface area contributed by atoms with Crippen LogP contribution in [0.1, 0.15) is 39.7 Å². The molecule has 0 unspecified atom stereocenters. The molecule has 2 aliphatic rings. The van der Waals surface area contributed by atoms with Gasteiger partial charge < -0.3 is 20.4 Å². The van der Waals surface area contributed by atoms with Gasteiger partial charge in [0.05, 0.1) is 30.2 Å². The van der Waals surface area contributed by atoms with Crippen molar-refractivity contribution in [2.75, 3.05) is 44.4 Å². The van der Waals surface area contributed by atoms with Gasteiger partial charge in [-0.05, 0) is 76.8 Å². The molecule has 0 bridgehead atoms. The molecule has 4 rings (SSSR count). The van der Waals surface area contributed by atoms with Crippen LogP contribution in [0, 0.1) is 0 Å². The molecular formula is C32H40N6O2S2. The normalized spacial score (nSPS) is 20.1. The average molecular weight is 605 g/mol. The molecule has 0 radical (unpaired) electrons. The SMILES string of the molecule is C/C=C1/S/C(=C2\SC(=Nc3cc(NC(=O)CN(C)C)ccc3NCC)N(Cc3ccccc3)C2=O)N(CC)/C1=C/CC. The molecule has 2 aromatic rings. The van der Waals surface area contributed by atoms with E-state index in [0.717, 1.165) is 39.8 Å². The van der Waals surface area contributed by atoms with Gasteiger partial charge in [0.25, 0.3) is 5.91 Å². The zero-order chi connectivity index (χ0) is 30.2. The van der Waals surface area contributed by atoms with Crippen LogP contribution < -0.4 is 10.6 Å². The second-order valence-electron chi connectivity index (χ2n) is 10.1. The Morgan fingerprint density at radius 3 is 2.45 bits per heavy atom. The summed E-state index contributed by atoms with van der Waals surface area (Å²) in [4.78, 5) is 39.4. The number of nitrogens with one attached hydrogen (secondary N) is 2. The largest absolute Gasteiger partial charge is 0.384 e. The lowest BCUT2D eigenvalue weighted by molar-refractivity contribution is -0.122. The predicted octanol–water partition coefficient (Wildman–Crippen LogP) is 6.82. The number of hydrogen-bond donors (Lipinski definition) is 2. The molecule has 222 valence electrons. The van der Waals surface area contributed by atoms with Gasteiger partial charge in [-0.25, -0.2) is 4.99 Å². The van der Waals surface area contributed by atoms with Crippen molar-refractivity contribution in [2.24, 2.45) is 4.99 Å². The van der Waals surface area contributed by atoms with E-state index in [-0.39, 0.29) is 18.4 Å². The molecule has 10 heteroatoms. The van der Waals surface area contributed by atoms with Crippen molar-refractivity contribution >= 4 is 57.6 Å². The third-order valence-electron chi connectivity index (χ3n) is 6.54. The summed E-state index contributed by atoms with van der Waals surface area (Å²) in [5.74, 6) is -0.163. The Kier molecular flexibility index (Phi) is 11.0. The first-order chi connectivity index (χ1) is 20.3. The van der Waals surface area contributed by atoms with Crippen LogP contribution in [0.25, 0.3) is 0 Å². The summed E-state index contributed by atoms with van der Waals surface area (Å²) >= 11 is 3.06. The summed E-state index contributed by atoms with van der Waals surface area (Å²) in [6.45, 7) is 10.5. The number of hydrogen-bond acceptors (Lipinski definition) is 8. The van der Waals surface area contributed by atoms with E-state index >= 15 is 0 Å². The number of nitrogens with zero attached hydrogens (tertiary/aromatic N) is 4. The molecule has 8 nitrogen and oxygen atoms in total. The highest BCUT2D eigenvalue weighted by Crippen LogP contribution is 2.50. The lowest BCUT2D eigenvalue weighted by Crippen LogP contribution is -2.29. The Balaban J connectivity index is 1.80. The number of rotatable bonds is 10. The number of benzene rings is 2. The third kappa shape index (κ3) is 7.29. The molecule has 0 atom stereocenters. The van der Waals surface area contributed by atoms with Crippen LogP contribution in [-0.2, 0) is 16.1 Å². The Hall–Kier alpha value is -3.47. The minimum atomic E-state index is -0.105. The highest BCUT2D eigenvalue weighted by atomic mass is 32.2. The van der Waals surface area contributed by atoms with Gasteiger partial charge in [0.15, 0.2) is 5.17 Å². The molecule has 2 saturated heterocycles. The number of allylic oxidation sites excluding steroid dienone is 2. The van der Waals surface area contributed by atoms with Gasteiger partial charge in [-0.1, -0.05) is 61.2 Å². The van der Waals surface area contributed by atoms with Crippen molar-refractivity contribution < 1.29 is 9.59 Å². The van der Waals surface area contributed by atoms with Gasteiger partial charge in [0, 0.05) is 23.7 Å². The molecule has 0 spiro atoms. The molecule has 2 fully saturated rings. The molecule has 0 aliphatic carbocycles. The van der Waals surface area contributed by atoms with Crippen molar-refractivity contribution in [3.8, 4) is 0 Å². The Morgan fingerprint density at radius 2 is 1.81 bits per heavy atom. The minimum Gasteiger partial charge on any atom is -0.384 e.